The van der Waals surface area contributed by atoms with E-state index in [1.165, 1.54) is 13.1 Å². The third-order valence-electron chi connectivity index (χ3n) is 2.55. The maximum absolute atomic E-state index is 11.2. The number of carbonyl (C=O) groups is 2. The summed E-state index contributed by atoms with van der Waals surface area (Å²) in [5.41, 5.74) is 0.782. The van der Waals surface area contributed by atoms with E-state index >= 15 is 0 Å². The summed E-state index contributed by atoms with van der Waals surface area (Å²) in [6, 6.07) is 0. The van der Waals surface area contributed by atoms with Crippen LogP contribution in [0.5, 0.6) is 0 Å². The molecule has 1 aromatic heterocycles. The normalized spacial score (nSPS) is 14.9. The number of aromatic carboxylic acids is 1. The molecule has 0 bridgehead atoms. The lowest BCUT2D eigenvalue weighted by molar-refractivity contribution is -0.130. The maximum atomic E-state index is 11.2. The smallest absolute Gasteiger partial charge is 0.339 e. The van der Waals surface area contributed by atoms with Crippen LogP contribution in [-0.4, -0.2) is 38.2 Å². The summed E-state index contributed by atoms with van der Waals surface area (Å²) >= 11 is 0. The lowest BCUT2D eigenvalue weighted by atomic mass is 10.2. The first-order chi connectivity index (χ1) is 7.09. The second-order valence-electron chi connectivity index (χ2n) is 3.47. The van der Waals surface area contributed by atoms with Crippen molar-refractivity contribution >= 4 is 11.9 Å². The Balaban J connectivity index is 2.34. The van der Waals surface area contributed by atoms with Gasteiger partial charge < -0.3 is 10.0 Å². The largest absolute Gasteiger partial charge is 0.478 e. The van der Waals surface area contributed by atoms with Crippen molar-refractivity contribution < 1.29 is 14.7 Å². The summed E-state index contributed by atoms with van der Waals surface area (Å²) < 4.78 is 1.64. The Bertz CT molecular complexity index is 424. The number of carboxylic acid groups (broad SMARTS) is 1. The fourth-order valence-corrected chi connectivity index (χ4v) is 1.69. The first-order valence-electron chi connectivity index (χ1n) is 4.63. The third kappa shape index (κ3) is 1.58. The number of hydrogen-bond donors (Lipinski definition) is 1. The number of rotatable bonds is 1. The minimum Gasteiger partial charge on any atom is -0.478 e. The predicted molar refractivity (Wildman–Crippen MR) is 50.3 cm³/mol. The zero-order valence-electron chi connectivity index (χ0n) is 8.30. The van der Waals surface area contributed by atoms with E-state index in [0.717, 1.165) is 0 Å². The molecule has 1 aliphatic heterocycles. The minimum atomic E-state index is -0.998. The first-order valence-corrected chi connectivity index (χ1v) is 4.63. The van der Waals surface area contributed by atoms with Gasteiger partial charge in [0.2, 0.25) is 5.91 Å². The number of carbonyl (C=O) groups excluding carboxylic acids is 1. The molecule has 0 saturated carbocycles. The van der Waals surface area contributed by atoms with Crippen molar-refractivity contribution in [3.63, 3.8) is 0 Å². The fourth-order valence-electron chi connectivity index (χ4n) is 1.69. The molecule has 0 atom stereocenters. The Morgan fingerprint density at radius 2 is 2.20 bits per heavy atom. The number of hydrogen-bond acceptors (Lipinski definition) is 3. The number of carboxylic acids is 1. The highest BCUT2D eigenvalue weighted by atomic mass is 16.4. The van der Waals surface area contributed by atoms with Crippen LogP contribution in [0.1, 0.15) is 23.0 Å². The molecular weight excluding hydrogens is 198 g/mol. The quantitative estimate of drug-likeness (QED) is 0.703. The van der Waals surface area contributed by atoms with Gasteiger partial charge in [0.25, 0.3) is 0 Å². The van der Waals surface area contributed by atoms with E-state index < -0.39 is 5.97 Å². The highest BCUT2D eigenvalue weighted by molar-refractivity contribution is 5.88. The molecule has 1 aromatic rings. The molecule has 0 saturated heterocycles. The minimum absolute atomic E-state index is 0.0428. The molecule has 0 radical (unpaired) electrons. The van der Waals surface area contributed by atoms with Gasteiger partial charge in [0.1, 0.15) is 5.56 Å². The van der Waals surface area contributed by atoms with Crippen molar-refractivity contribution in [2.75, 3.05) is 6.54 Å². The highest BCUT2D eigenvalue weighted by Crippen LogP contribution is 2.16. The van der Waals surface area contributed by atoms with Gasteiger partial charge in [0.05, 0.1) is 25.0 Å². The summed E-state index contributed by atoms with van der Waals surface area (Å²) in [4.78, 5) is 23.6. The second kappa shape index (κ2) is 3.38. The molecule has 0 aromatic carbocycles. The summed E-state index contributed by atoms with van der Waals surface area (Å²) in [5, 5.41) is 12.9. The lowest BCUT2D eigenvalue weighted by Gasteiger charge is -2.26. The van der Waals surface area contributed by atoms with E-state index in [4.69, 9.17) is 5.11 Å². The van der Waals surface area contributed by atoms with Crippen LogP contribution in [0.4, 0.5) is 0 Å². The molecule has 0 spiro atoms. The Morgan fingerprint density at radius 1 is 1.47 bits per heavy atom. The summed E-state index contributed by atoms with van der Waals surface area (Å²) in [6.07, 6.45) is 1.33. The summed E-state index contributed by atoms with van der Waals surface area (Å²) in [5.74, 6) is -1.04. The summed E-state index contributed by atoms with van der Waals surface area (Å²) in [6.45, 7) is 2.95. The van der Waals surface area contributed by atoms with Crippen molar-refractivity contribution in [1.82, 2.24) is 14.7 Å². The van der Waals surface area contributed by atoms with Crippen LogP contribution >= 0.6 is 0 Å². The number of amides is 1. The molecule has 2 heterocycles. The van der Waals surface area contributed by atoms with Gasteiger partial charge in [-0.25, -0.2) is 4.79 Å². The average molecular weight is 209 g/mol. The maximum Gasteiger partial charge on any atom is 0.339 e. The van der Waals surface area contributed by atoms with Crippen molar-refractivity contribution in [3.05, 3.63) is 17.5 Å². The number of aromatic nitrogens is 2. The van der Waals surface area contributed by atoms with Crippen LogP contribution in [0.15, 0.2) is 6.20 Å². The lowest BCUT2D eigenvalue weighted by Crippen LogP contribution is -2.37. The van der Waals surface area contributed by atoms with Gasteiger partial charge in [-0.3, -0.25) is 9.48 Å². The van der Waals surface area contributed by atoms with Crippen LogP contribution in [0.3, 0.4) is 0 Å². The second-order valence-corrected chi connectivity index (χ2v) is 3.47. The average Bonchev–Trinajstić information content (AvgIpc) is 2.59. The molecule has 6 heteroatoms. The molecule has 0 fully saturated rings. The van der Waals surface area contributed by atoms with Crippen LogP contribution in [0, 0.1) is 0 Å². The van der Waals surface area contributed by atoms with Crippen LogP contribution in [0.2, 0.25) is 0 Å². The molecular formula is C9H11N3O3. The van der Waals surface area contributed by atoms with Crippen LogP contribution < -0.4 is 0 Å². The monoisotopic (exact) mass is 209 g/mol. The molecule has 80 valence electrons. The molecule has 15 heavy (non-hydrogen) atoms. The molecule has 1 aliphatic rings. The summed E-state index contributed by atoms with van der Waals surface area (Å²) in [7, 11) is 0. The topological polar surface area (TPSA) is 75.4 Å². The van der Waals surface area contributed by atoms with Crippen molar-refractivity contribution in [3.8, 4) is 0 Å². The van der Waals surface area contributed by atoms with Gasteiger partial charge in [-0.2, -0.15) is 5.10 Å². The van der Waals surface area contributed by atoms with E-state index in [1.807, 2.05) is 0 Å². The molecule has 1 amide bonds. The number of nitrogens with zero attached hydrogens (tertiary/aromatic N) is 3. The molecule has 1 N–H and O–H groups in total. The van der Waals surface area contributed by atoms with E-state index in [9.17, 15) is 9.59 Å². The molecule has 0 aliphatic carbocycles. The van der Waals surface area contributed by atoms with Gasteiger partial charge in [-0.15, -0.1) is 0 Å². The SMILES string of the molecule is CC(=O)N1CCn2ncc(C(=O)O)c2C1. The van der Waals surface area contributed by atoms with Gasteiger partial charge in [0, 0.05) is 13.5 Å². The zero-order chi connectivity index (χ0) is 11.0. The van der Waals surface area contributed by atoms with Crippen LogP contribution in [-0.2, 0) is 17.9 Å². The van der Waals surface area contributed by atoms with Crippen LogP contribution in [0.25, 0.3) is 0 Å². The fraction of sp³-hybridized carbons (Fsp3) is 0.444. The predicted octanol–water partition coefficient (Wildman–Crippen LogP) is -0.0566. The Kier molecular flexibility index (Phi) is 2.18. The molecule has 6 nitrogen and oxygen atoms in total. The first kappa shape index (κ1) is 9.70. The zero-order valence-corrected chi connectivity index (χ0v) is 8.30. The van der Waals surface area contributed by atoms with E-state index in [2.05, 4.69) is 5.10 Å². The van der Waals surface area contributed by atoms with Gasteiger partial charge >= 0.3 is 5.97 Å². The highest BCUT2D eigenvalue weighted by Gasteiger charge is 2.24. The van der Waals surface area contributed by atoms with Gasteiger partial charge in [-0.1, -0.05) is 0 Å². The Labute approximate surface area is 86.1 Å². The standard InChI is InChI=1S/C9H11N3O3/c1-6(13)11-2-3-12-8(5-11)7(4-10-12)9(14)15/h4H,2-3,5H2,1H3,(H,14,15). The van der Waals surface area contributed by atoms with E-state index in [1.54, 1.807) is 9.58 Å². The van der Waals surface area contributed by atoms with Gasteiger partial charge in [-0.05, 0) is 0 Å². The van der Waals surface area contributed by atoms with Crippen molar-refractivity contribution in [1.29, 1.82) is 0 Å². The third-order valence-corrected chi connectivity index (χ3v) is 2.55. The molecule has 2 rings (SSSR count). The van der Waals surface area contributed by atoms with Gasteiger partial charge in [0.15, 0.2) is 0 Å². The van der Waals surface area contributed by atoms with E-state index in [0.29, 0.717) is 25.3 Å². The van der Waals surface area contributed by atoms with Crippen molar-refractivity contribution in [2.45, 2.75) is 20.0 Å². The van der Waals surface area contributed by atoms with E-state index in [-0.39, 0.29) is 11.5 Å². The Morgan fingerprint density at radius 3 is 2.80 bits per heavy atom. The molecule has 0 unspecified atom stereocenters. The Hall–Kier alpha value is -1.85. The number of fused-ring (bicyclic) bond motifs is 1. The van der Waals surface area contributed by atoms with Crippen molar-refractivity contribution in [2.24, 2.45) is 0 Å².